The second-order valence-electron chi connectivity index (χ2n) is 8.78. The smallest absolute Gasteiger partial charge is 0.336 e. The van der Waals surface area contributed by atoms with Crippen LogP contribution in [0.4, 0.5) is 5.82 Å². The van der Waals surface area contributed by atoms with Crippen LogP contribution in [0, 0.1) is 5.92 Å². The molecule has 2 aliphatic heterocycles. The predicted molar refractivity (Wildman–Crippen MR) is 128 cm³/mol. The van der Waals surface area contributed by atoms with Crippen molar-refractivity contribution in [1.82, 2.24) is 19.5 Å². The zero-order chi connectivity index (χ0) is 22.8. The first kappa shape index (κ1) is 22.2. The average molecular weight is 468 g/mol. The van der Waals surface area contributed by atoms with Gasteiger partial charge in [0.05, 0.1) is 19.0 Å². The third-order valence-corrected chi connectivity index (χ3v) is 8.00. The minimum Gasteiger partial charge on any atom is -0.464 e. The first-order valence-electron chi connectivity index (χ1n) is 11.5. The second kappa shape index (κ2) is 9.30. The van der Waals surface area contributed by atoms with Crippen molar-refractivity contribution in [1.29, 1.82) is 0 Å². The largest absolute Gasteiger partial charge is 0.464 e. The summed E-state index contributed by atoms with van der Waals surface area (Å²) in [7, 11) is 0. The molecule has 0 aliphatic carbocycles. The lowest BCUT2D eigenvalue weighted by atomic mass is 9.90. The lowest BCUT2D eigenvalue weighted by Gasteiger charge is -2.33. The van der Waals surface area contributed by atoms with Crippen LogP contribution in [0.25, 0.3) is 11.2 Å². The number of carbonyl (C=O) groups excluding carboxylic acids is 1. The summed E-state index contributed by atoms with van der Waals surface area (Å²) in [5.41, 5.74) is 1.38. The SMILES string of the molecule is CCOC(=O)C1(n2cnc3c(N4CCC(Cc5ccccc5)CC4)ncnc32)CSCC1O. The van der Waals surface area contributed by atoms with E-state index in [4.69, 9.17) is 4.74 Å². The maximum absolute atomic E-state index is 13.0. The van der Waals surface area contributed by atoms with Gasteiger partial charge >= 0.3 is 5.97 Å². The Bertz CT molecular complexity index is 1120. The van der Waals surface area contributed by atoms with E-state index in [0.717, 1.165) is 38.2 Å². The Morgan fingerprint density at radius 2 is 2.00 bits per heavy atom. The van der Waals surface area contributed by atoms with E-state index in [2.05, 4.69) is 50.2 Å². The van der Waals surface area contributed by atoms with Crippen LogP contribution in [0.2, 0.25) is 0 Å². The molecule has 5 rings (SSSR count). The van der Waals surface area contributed by atoms with Crippen LogP contribution in [0.3, 0.4) is 0 Å². The van der Waals surface area contributed by atoms with Crippen LogP contribution < -0.4 is 4.90 Å². The first-order chi connectivity index (χ1) is 16.1. The number of hydrogen-bond donors (Lipinski definition) is 1. The maximum atomic E-state index is 13.0. The molecule has 8 nitrogen and oxygen atoms in total. The number of ether oxygens (including phenoxy) is 1. The lowest BCUT2D eigenvalue weighted by molar-refractivity contribution is -0.157. The molecule has 0 spiro atoms. The number of aromatic nitrogens is 4. The Labute approximate surface area is 197 Å². The van der Waals surface area contributed by atoms with Crippen molar-refractivity contribution in [3.8, 4) is 0 Å². The minimum absolute atomic E-state index is 0.253. The highest BCUT2D eigenvalue weighted by Gasteiger charge is 2.53. The summed E-state index contributed by atoms with van der Waals surface area (Å²) < 4.78 is 7.07. The number of aliphatic hydroxyl groups excluding tert-OH is 1. The Balaban J connectivity index is 1.40. The first-order valence-corrected chi connectivity index (χ1v) is 12.7. The topological polar surface area (TPSA) is 93.4 Å². The van der Waals surface area contributed by atoms with Crippen molar-refractivity contribution in [2.24, 2.45) is 5.92 Å². The van der Waals surface area contributed by atoms with Crippen LogP contribution in [0.1, 0.15) is 25.3 Å². The molecule has 0 radical (unpaired) electrons. The summed E-state index contributed by atoms with van der Waals surface area (Å²) in [6.45, 7) is 3.83. The molecule has 2 saturated heterocycles. The van der Waals surface area contributed by atoms with Gasteiger partial charge in [0.15, 0.2) is 22.5 Å². The number of hydrogen-bond acceptors (Lipinski definition) is 8. The predicted octanol–water partition coefficient (Wildman–Crippen LogP) is 2.65. The van der Waals surface area contributed by atoms with Gasteiger partial charge in [0, 0.05) is 24.6 Å². The molecule has 2 fully saturated rings. The normalized spacial score (nSPS) is 23.8. The Kier molecular flexibility index (Phi) is 6.25. The third-order valence-electron chi connectivity index (χ3n) is 6.80. The fourth-order valence-corrected chi connectivity index (χ4v) is 6.36. The van der Waals surface area contributed by atoms with Crippen LogP contribution in [-0.2, 0) is 21.5 Å². The molecule has 0 amide bonds. The number of benzene rings is 1. The summed E-state index contributed by atoms with van der Waals surface area (Å²) in [5.74, 6) is 1.88. The Hall–Kier alpha value is -2.65. The molecule has 2 aliphatic rings. The quantitative estimate of drug-likeness (QED) is 0.553. The molecular formula is C24H29N5O3S. The minimum atomic E-state index is -1.22. The van der Waals surface area contributed by atoms with Gasteiger partial charge in [0.1, 0.15) is 6.33 Å². The van der Waals surface area contributed by atoms with Crippen LogP contribution in [0.5, 0.6) is 0 Å². The highest BCUT2D eigenvalue weighted by Crippen LogP contribution is 2.39. The average Bonchev–Trinajstić information content (AvgIpc) is 3.44. The number of nitrogens with zero attached hydrogens (tertiary/aromatic N) is 5. The van der Waals surface area contributed by atoms with E-state index in [1.54, 1.807) is 17.8 Å². The lowest BCUT2D eigenvalue weighted by Crippen LogP contribution is -2.51. The van der Waals surface area contributed by atoms with Crippen molar-refractivity contribution in [3.05, 3.63) is 48.5 Å². The summed E-state index contributed by atoms with van der Waals surface area (Å²) in [6.07, 6.45) is 5.54. The number of anilines is 1. The van der Waals surface area contributed by atoms with E-state index in [1.165, 1.54) is 23.7 Å². The van der Waals surface area contributed by atoms with Crippen molar-refractivity contribution in [2.75, 3.05) is 36.1 Å². The van der Waals surface area contributed by atoms with E-state index in [0.29, 0.717) is 28.6 Å². The summed E-state index contributed by atoms with van der Waals surface area (Å²) in [6, 6.07) is 10.6. The molecular weight excluding hydrogens is 438 g/mol. The van der Waals surface area contributed by atoms with Gasteiger partial charge in [-0.1, -0.05) is 30.3 Å². The number of thioether (sulfide) groups is 1. The van der Waals surface area contributed by atoms with E-state index in [1.807, 2.05) is 0 Å². The Morgan fingerprint density at radius 3 is 2.70 bits per heavy atom. The molecule has 2 unspecified atom stereocenters. The van der Waals surface area contributed by atoms with Gasteiger partial charge in [-0.25, -0.2) is 19.7 Å². The maximum Gasteiger partial charge on any atom is 0.336 e. The van der Waals surface area contributed by atoms with Gasteiger partial charge in [-0.3, -0.25) is 4.57 Å². The molecule has 2 aromatic heterocycles. The molecule has 33 heavy (non-hydrogen) atoms. The van der Waals surface area contributed by atoms with Crippen LogP contribution in [0.15, 0.2) is 43.0 Å². The number of imidazole rings is 1. The number of piperidine rings is 1. The fourth-order valence-electron chi connectivity index (χ4n) is 4.98. The monoisotopic (exact) mass is 467 g/mol. The molecule has 2 atom stereocenters. The number of fused-ring (bicyclic) bond motifs is 1. The summed E-state index contributed by atoms with van der Waals surface area (Å²) >= 11 is 1.53. The molecule has 0 bridgehead atoms. The highest BCUT2D eigenvalue weighted by atomic mass is 32.2. The molecule has 3 aromatic rings. The zero-order valence-corrected chi connectivity index (χ0v) is 19.6. The summed E-state index contributed by atoms with van der Waals surface area (Å²) in [5, 5.41) is 10.8. The standard InChI is InChI=1S/C24H29N5O3S/c1-2-32-23(31)24(14-33-13-19(24)30)29-16-27-20-21(25-15-26-22(20)29)28-10-8-18(9-11-28)12-17-6-4-3-5-7-17/h3-7,15-16,18-19,30H,2,8-14H2,1H3. The van der Waals surface area contributed by atoms with Crippen LogP contribution >= 0.6 is 11.8 Å². The summed E-state index contributed by atoms with van der Waals surface area (Å²) in [4.78, 5) is 28.9. The third kappa shape index (κ3) is 3.97. The van der Waals surface area contributed by atoms with Crippen molar-refractivity contribution < 1.29 is 14.6 Å². The number of rotatable bonds is 6. The number of aliphatic hydroxyl groups is 1. The van der Waals surface area contributed by atoms with Gasteiger partial charge in [-0.05, 0) is 37.7 Å². The number of carbonyl (C=O) groups is 1. The van der Waals surface area contributed by atoms with Gasteiger partial charge in [0.25, 0.3) is 0 Å². The molecule has 0 saturated carbocycles. The van der Waals surface area contributed by atoms with Crippen molar-refractivity contribution in [3.63, 3.8) is 0 Å². The molecule has 9 heteroatoms. The van der Waals surface area contributed by atoms with E-state index >= 15 is 0 Å². The zero-order valence-electron chi connectivity index (χ0n) is 18.8. The van der Waals surface area contributed by atoms with Crippen molar-refractivity contribution >= 4 is 34.7 Å². The molecule has 1 N–H and O–H groups in total. The van der Waals surface area contributed by atoms with E-state index in [-0.39, 0.29) is 6.61 Å². The van der Waals surface area contributed by atoms with E-state index in [9.17, 15) is 9.90 Å². The van der Waals surface area contributed by atoms with Gasteiger partial charge in [-0.2, -0.15) is 11.8 Å². The van der Waals surface area contributed by atoms with Crippen molar-refractivity contribution in [2.45, 2.75) is 37.8 Å². The van der Waals surface area contributed by atoms with Crippen LogP contribution in [-0.4, -0.2) is 67.9 Å². The van der Waals surface area contributed by atoms with Gasteiger partial charge < -0.3 is 14.7 Å². The second-order valence-corrected chi connectivity index (χ2v) is 9.81. The highest BCUT2D eigenvalue weighted by molar-refractivity contribution is 7.99. The molecule has 4 heterocycles. The Morgan fingerprint density at radius 1 is 1.21 bits per heavy atom. The molecule has 174 valence electrons. The number of esters is 1. The fraction of sp³-hybridized carbons (Fsp3) is 0.500. The van der Waals surface area contributed by atoms with Gasteiger partial charge in [-0.15, -0.1) is 0 Å². The van der Waals surface area contributed by atoms with E-state index < -0.39 is 17.6 Å². The van der Waals surface area contributed by atoms with Gasteiger partial charge in [0.2, 0.25) is 0 Å². The molecule has 1 aromatic carbocycles.